The van der Waals surface area contributed by atoms with Gasteiger partial charge in [-0.15, -0.1) is 0 Å². The molecule has 3 rings (SSSR count). The fourth-order valence-corrected chi connectivity index (χ4v) is 3.80. The van der Waals surface area contributed by atoms with E-state index in [1.807, 2.05) is 43.3 Å². The molecule has 0 aromatic heterocycles. The van der Waals surface area contributed by atoms with Crippen LogP contribution >= 0.6 is 0 Å². The van der Waals surface area contributed by atoms with Crippen LogP contribution in [0.5, 0.6) is 0 Å². The molecular weight excluding hydrogens is 331 g/mol. The number of esters is 1. The fourth-order valence-electron chi connectivity index (χ4n) is 3.80. The van der Waals surface area contributed by atoms with E-state index >= 15 is 0 Å². The first kappa shape index (κ1) is 18.1. The number of carbonyl (C=O) groups excluding carboxylic acids is 2. The standard InChI is InChI=1S/C22H21FO3/c1-14-12-18(15-6-4-3-5-7-15)20(21(24)22(25)26-2)19(13-14)16-8-10-17(23)11-9-16/h3-11,13,18-20H,12H2,1-2H3/t18-,19-,20-/m0/s1. The lowest BCUT2D eigenvalue weighted by Crippen LogP contribution is -2.36. The lowest BCUT2D eigenvalue weighted by molar-refractivity contribution is -0.154. The van der Waals surface area contributed by atoms with Gasteiger partial charge >= 0.3 is 5.97 Å². The number of hydrogen-bond acceptors (Lipinski definition) is 3. The number of ketones is 1. The number of ether oxygens (including phenoxy) is 1. The first-order valence-electron chi connectivity index (χ1n) is 8.61. The van der Waals surface area contributed by atoms with Crippen LogP contribution in [0.2, 0.25) is 0 Å². The number of hydrogen-bond donors (Lipinski definition) is 0. The van der Waals surface area contributed by atoms with Crippen molar-refractivity contribution in [2.75, 3.05) is 7.11 Å². The van der Waals surface area contributed by atoms with Crippen molar-refractivity contribution in [2.45, 2.75) is 25.2 Å². The summed E-state index contributed by atoms with van der Waals surface area (Å²) in [5.74, 6) is -2.74. The Morgan fingerprint density at radius 2 is 1.65 bits per heavy atom. The van der Waals surface area contributed by atoms with Gasteiger partial charge in [-0.05, 0) is 42.5 Å². The summed E-state index contributed by atoms with van der Waals surface area (Å²) in [5.41, 5.74) is 2.96. The van der Waals surface area contributed by atoms with Crippen LogP contribution in [0.4, 0.5) is 4.39 Å². The molecule has 0 aliphatic heterocycles. The van der Waals surface area contributed by atoms with Crippen LogP contribution in [0, 0.1) is 11.7 Å². The molecule has 0 spiro atoms. The van der Waals surface area contributed by atoms with E-state index in [1.54, 1.807) is 12.1 Å². The highest BCUT2D eigenvalue weighted by molar-refractivity contribution is 6.34. The number of Topliss-reactive ketones (excluding diaryl/α,β-unsaturated/α-hetero) is 1. The molecule has 0 fully saturated rings. The van der Waals surface area contributed by atoms with Crippen molar-refractivity contribution in [3.8, 4) is 0 Å². The second-order valence-electron chi connectivity index (χ2n) is 6.69. The average molecular weight is 352 g/mol. The quantitative estimate of drug-likeness (QED) is 0.465. The van der Waals surface area contributed by atoms with Gasteiger partial charge in [0.1, 0.15) is 5.82 Å². The Morgan fingerprint density at radius 1 is 1.00 bits per heavy atom. The van der Waals surface area contributed by atoms with E-state index in [0.717, 1.165) is 16.7 Å². The summed E-state index contributed by atoms with van der Waals surface area (Å²) in [7, 11) is 1.22. The van der Waals surface area contributed by atoms with E-state index < -0.39 is 17.7 Å². The summed E-state index contributed by atoms with van der Waals surface area (Å²) < 4.78 is 18.1. The maximum atomic E-state index is 13.4. The van der Waals surface area contributed by atoms with E-state index in [2.05, 4.69) is 0 Å². The van der Waals surface area contributed by atoms with Gasteiger partial charge in [0.05, 0.1) is 7.11 Å². The third-order valence-corrected chi connectivity index (χ3v) is 5.00. The zero-order valence-electron chi connectivity index (χ0n) is 14.8. The molecule has 1 aliphatic carbocycles. The normalized spacial score (nSPS) is 22.4. The molecule has 1 aliphatic rings. The minimum absolute atomic E-state index is 0.136. The minimum atomic E-state index is -0.837. The van der Waals surface area contributed by atoms with Gasteiger partial charge in [-0.2, -0.15) is 0 Å². The molecule has 4 heteroatoms. The molecule has 0 amide bonds. The van der Waals surface area contributed by atoms with Crippen molar-refractivity contribution < 1.29 is 18.7 Å². The number of methoxy groups -OCH3 is 1. The van der Waals surface area contributed by atoms with Gasteiger partial charge < -0.3 is 4.74 Å². The second kappa shape index (κ2) is 7.65. The molecule has 0 saturated carbocycles. The molecule has 3 nitrogen and oxygen atoms in total. The lowest BCUT2D eigenvalue weighted by atomic mass is 9.66. The van der Waals surface area contributed by atoms with E-state index in [1.165, 1.54) is 19.2 Å². The van der Waals surface area contributed by atoms with E-state index in [4.69, 9.17) is 4.74 Å². The highest BCUT2D eigenvalue weighted by atomic mass is 19.1. The molecule has 0 bridgehead atoms. The van der Waals surface area contributed by atoms with Gasteiger partial charge in [-0.3, -0.25) is 4.79 Å². The van der Waals surface area contributed by atoms with Gasteiger partial charge in [-0.25, -0.2) is 9.18 Å². The monoisotopic (exact) mass is 352 g/mol. The predicted octanol–water partition coefficient (Wildman–Crippen LogP) is 4.40. The Morgan fingerprint density at radius 3 is 2.27 bits per heavy atom. The number of rotatable bonds is 4. The Bertz CT molecular complexity index is 824. The number of halogens is 1. The maximum absolute atomic E-state index is 13.4. The average Bonchev–Trinajstić information content (AvgIpc) is 2.67. The molecule has 0 N–H and O–H groups in total. The Hall–Kier alpha value is -2.75. The molecule has 26 heavy (non-hydrogen) atoms. The van der Waals surface area contributed by atoms with Gasteiger partial charge in [-0.1, -0.05) is 54.1 Å². The van der Waals surface area contributed by atoms with E-state index in [9.17, 15) is 14.0 Å². The zero-order chi connectivity index (χ0) is 18.7. The van der Waals surface area contributed by atoms with Crippen molar-refractivity contribution in [1.82, 2.24) is 0 Å². The molecule has 2 aromatic rings. The van der Waals surface area contributed by atoms with Crippen molar-refractivity contribution in [3.63, 3.8) is 0 Å². The van der Waals surface area contributed by atoms with Gasteiger partial charge in [0.2, 0.25) is 5.78 Å². The summed E-state index contributed by atoms with van der Waals surface area (Å²) in [6.07, 6.45) is 2.70. The summed E-state index contributed by atoms with van der Waals surface area (Å²) in [6, 6.07) is 15.8. The zero-order valence-corrected chi connectivity index (χ0v) is 14.8. The Labute approximate surface area is 152 Å². The van der Waals surface area contributed by atoms with Crippen LogP contribution in [-0.2, 0) is 14.3 Å². The van der Waals surface area contributed by atoms with Crippen LogP contribution < -0.4 is 0 Å². The summed E-state index contributed by atoms with van der Waals surface area (Å²) in [5, 5.41) is 0. The highest BCUT2D eigenvalue weighted by Gasteiger charge is 2.42. The molecule has 0 heterocycles. The largest absolute Gasteiger partial charge is 0.463 e. The van der Waals surface area contributed by atoms with Crippen LogP contribution in [0.1, 0.15) is 36.3 Å². The van der Waals surface area contributed by atoms with Crippen LogP contribution in [-0.4, -0.2) is 18.9 Å². The van der Waals surface area contributed by atoms with E-state index in [0.29, 0.717) is 6.42 Å². The van der Waals surface area contributed by atoms with Crippen molar-refractivity contribution >= 4 is 11.8 Å². The summed E-state index contributed by atoms with van der Waals surface area (Å²) in [4.78, 5) is 24.9. The van der Waals surface area contributed by atoms with Crippen LogP contribution in [0.25, 0.3) is 0 Å². The third kappa shape index (κ3) is 3.59. The molecule has 0 saturated heterocycles. The molecule has 3 atom stereocenters. The fraction of sp³-hybridized carbons (Fsp3) is 0.273. The lowest BCUT2D eigenvalue weighted by Gasteiger charge is -2.36. The first-order chi connectivity index (χ1) is 12.5. The third-order valence-electron chi connectivity index (χ3n) is 5.00. The van der Waals surface area contributed by atoms with Crippen LogP contribution in [0.15, 0.2) is 66.2 Å². The Kier molecular flexibility index (Phi) is 5.31. The van der Waals surface area contributed by atoms with Gasteiger partial charge in [0, 0.05) is 11.8 Å². The first-order valence-corrected chi connectivity index (χ1v) is 8.61. The number of benzene rings is 2. The molecule has 2 aromatic carbocycles. The van der Waals surface area contributed by atoms with E-state index in [-0.39, 0.29) is 17.7 Å². The minimum Gasteiger partial charge on any atom is -0.463 e. The molecule has 0 unspecified atom stereocenters. The maximum Gasteiger partial charge on any atom is 0.374 e. The van der Waals surface area contributed by atoms with Crippen LogP contribution in [0.3, 0.4) is 0 Å². The van der Waals surface area contributed by atoms with Crippen molar-refractivity contribution in [3.05, 3.63) is 83.2 Å². The molecule has 134 valence electrons. The topological polar surface area (TPSA) is 43.4 Å². The molecule has 0 radical (unpaired) electrons. The second-order valence-corrected chi connectivity index (χ2v) is 6.69. The van der Waals surface area contributed by atoms with Crippen molar-refractivity contribution in [2.24, 2.45) is 5.92 Å². The predicted molar refractivity (Wildman–Crippen MR) is 97.2 cm³/mol. The smallest absolute Gasteiger partial charge is 0.374 e. The SMILES string of the molecule is COC(=O)C(=O)[C@@H]1[C@H](c2ccc(F)cc2)C=C(C)C[C@H]1c1ccccc1. The summed E-state index contributed by atoms with van der Waals surface area (Å²) >= 11 is 0. The van der Waals surface area contributed by atoms with Gasteiger partial charge in [0.25, 0.3) is 0 Å². The van der Waals surface area contributed by atoms with Gasteiger partial charge in [0.15, 0.2) is 0 Å². The number of carbonyl (C=O) groups is 2. The number of allylic oxidation sites excluding steroid dienone is 2. The molecular formula is C22H21FO3. The Balaban J connectivity index is 2.10. The summed E-state index contributed by atoms with van der Waals surface area (Å²) in [6.45, 7) is 2.02. The highest BCUT2D eigenvalue weighted by Crippen LogP contribution is 2.45. The van der Waals surface area contributed by atoms with Crippen molar-refractivity contribution in [1.29, 1.82) is 0 Å².